The summed E-state index contributed by atoms with van der Waals surface area (Å²) in [5, 5.41) is 0. The molecule has 1 amide bonds. The van der Waals surface area contributed by atoms with Crippen molar-refractivity contribution in [1.82, 2.24) is 0 Å². The quantitative estimate of drug-likeness (QED) is 0.723. The van der Waals surface area contributed by atoms with Crippen LogP contribution < -0.4 is 5.73 Å². The van der Waals surface area contributed by atoms with Crippen LogP contribution in [0, 0.1) is 0 Å². The number of amides is 1. The molecule has 1 aliphatic heterocycles. The van der Waals surface area contributed by atoms with Crippen LogP contribution in [-0.2, 0) is 14.3 Å². The number of rotatable bonds is 3. The van der Waals surface area contributed by atoms with Gasteiger partial charge in [-0.1, -0.05) is 0 Å². The molecule has 0 bridgehead atoms. The van der Waals surface area contributed by atoms with Gasteiger partial charge in [0, 0.05) is 13.2 Å². The molecule has 1 saturated carbocycles. The highest BCUT2D eigenvalue weighted by molar-refractivity contribution is 5.84. The molecule has 2 N–H and O–H groups in total. The van der Waals surface area contributed by atoms with Crippen LogP contribution in [0.5, 0.6) is 0 Å². The first-order valence-electron chi connectivity index (χ1n) is 5.28. The summed E-state index contributed by atoms with van der Waals surface area (Å²) in [4.78, 5) is 11.2. The highest BCUT2D eigenvalue weighted by atomic mass is 16.5. The van der Waals surface area contributed by atoms with Crippen molar-refractivity contribution in [2.75, 3.05) is 13.2 Å². The van der Waals surface area contributed by atoms with Crippen LogP contribution in [0.4, 0.5) is 0 Å². The number of carbonyl (C=O) groups excluding carboxylic acids is 1. The minimum Gasteiger partial charge on any atom is -0.381 e. The first-order chi connectivity index (χ1) is 6.73. The molecule has 2 aliphatic rings. The molecule has 0 atom stereocenters. The largest absolute Gasteiger partial charge is 0.381 e. The van der Waals surface area contributed by atoms with Gasteiger partial charge < -0.3 is 15.2 Å². The van der Waals surface area contributed by atoms with E-state index in [1.165, 1.54) is 0 Å². The van der Waals surface area contributed by atoms with Crippen LogP contribution in [0.25, 0.3) is 0 Å². The summed E-state index contributed by atoms with van der Waals surface area (Å²) in [5.41, 5.74) is 4.72. The molecule has 0 unspecified atom stereocenters. The third kappa shape index (κ3) is 1.77. The topological polar surface area (TPSA) is 61.6 Å². The van der Waals surface area contributed by atoms with Gasteiger partial charge in [0.1, 0.15) is 5.60 Å². The molecule has 0 aromatic carbocycles. The van der Waals surface area contributed by atoms with E-state index < -0.39 is 5.60 Å². The predicted octanol–water partition coefficient (Wildman–Crippen LogP) is 0.590. The molecule has 0 spiro atoms. The normalized spacial score (nSPS) is 26.9. The fourth-order valence-corrected chi connectivity index (χ4v) is 2.03. The zero-order valence-corrected chi connectivity index (χ0v) is 8.33. The van der Waals surface area contributed by atoms with Crippen molar-refractivity contribution in [2.24, 2.45) is 5.73 Å². The fraction of sp³-hybridized carbons (Fsp3) is 0.900. The van der Waals surface area contributed by atoms with E-state index in [0.717, 1.165) is 45.3 Å². The number of ether oxygens (including phenoxy) is 2. The molecule has 0 aromatic heterocycles. The Kier molecular flexibility index (Phi) is 2.74. The average Bonchev–Trinajstić information content (AvgIpc) is 2.12. The lowest BCUT2D eigenvalue weighted by Gasteiger charge is -2.42. The molecule has 1 heterocycles. The number of hydrogen-bond acceptors (Lipinski definition) is 3. The van der Waals surface area contributed by atoms with E-state index in [-0.39, 0.29) is 12.0 Å². The van der Waals surface area contributed by atoms with E-state index in [1.807, 2.05) is 0 Å². The number of primary amides is 1. The molecule has 4 nitrogen and oxygen atoms in total. The van der Waals surface area contributed by atoms with E-state index >= 15 is 0 Å². The van der Waals surface area contributed by atoms with Crippen LogP contribution >= 0.6 is 0 Å². The number of hydrogen-bond donors (Lipinski definition) is 1. The molecular weight excluding hydrogens is 182 g/mol. The smallest absolute Gasteiger partial charge is 0.249 e. The van der Waals surface area contributed by atoms with E-state index in [9.17, 15) is 4.79 Å². The van der Waals surface area contributed by atoms with Crippen molar-refractivity contribution in [3.63, 3.8) is 0 Å². The lowest BCUT2D eigenvalue weighted by molar-refractivity contribution is -0.178. The van der Waals surface area contributed by atoms with E-state index in [4.69, 9.17) is 15.2 Å². The summed E-state index contributed by atoms with van der Waals surface area (Å²) in [6.07, 6.45) is 4.56. The van der Waals surface area contributed by atoms with Crippen molar-refractivity contribution < 1.29 is 14.3 Å². The standard InChI is InChI=1S/C10H17NO3/c11-9(12)10(4-1-5-10)14-8-2-6-13-7-3-8/h8H,1-7H2,(H2,11,12). The molecule has 14 heavy (non-hydrogen) atoms. The number of nitrogens with two attached hydrogens (primary N) is 1. The maximum Gasteiger partial charge on any atom is 0.249 e. The Morgan fingerprint density at radius 1 is 1.36 bits per heavy atom. The highest BCUT2D eigenvalue weighted by Gasteiger charge is 2.45. The first-order valence-corrected chi connectivity index (χ1v) is 5.28. The van der Waals surface area contributed by atoms with Gasteiger partial charge in [-0.25, -0.2) is 0 Å². The van der Waals surface area contributed by atoms with Crippen molar-refractivity contribution in [3.05, 3.63) is 0 Å². The Morgan fingerprint density at radius 2 is 2.00 bits per heavy atom. The third-order valence-corrected chi connectivity index (χ3v) is 3.17. The summed E-state index contributed by atoms with van der Waals surface area (Å²) in [6.45, 7) is 1.47. The van der Waals surface area contributed by atoms with Crippen LogP contribution in [0.2, 0.25) is 0 Å². The molecule has 2 rings (SSSR count). The van der Waals surface area contributed by atoms with E-state index in [0.29, 0.717) is 0 Å². The van der Waals surface area contributed by atoms with Gasteiger partial charge in [-0.3, -0.25) is 4.79 Å². The molecule has 1 saturated heterocycles. The van der Waals surface area contributed by atoms with Crippen LogP contribution in [0.3, 0.4) is 0 Å². The van der Waals surface area contributed by atoms with E-state index in [2.05, 4.69) is 0 Å². The SMILES string of the molecule is NC(=O)C1(OC2CCOCC2)CCC1. The highest BCUT2D eigenvalue weighted by Crippen LogP contribution is 2.37. The minimum atomic E-state index is -0.637. The molecule has 4 heteroatoms. The average molecular weight is 199 g/mol. The van der Waals surface area contributed by atoms with Gasteiger partial charge in [-0.05, 0) is 32.1 Å². The van der Waals surface area contributed by atoms with Crippen LogP contribution in [0.1, 0.15) is 32.1 Å². The number of carbonyl (C=O) groups is 1. The molecule has 80 valence electrons. The maximum atomic E-state index is 11.2. The van der Waals surface area contributed by atoms with Crippen molar-refractivity contribution in [2.45, 2.75) is 43.8 Å². The lowest BCUT2D eigenvalue weighted by atomic mass is 9.79. The second-order valence-corrected chi connectivity index (χ2v) is 4.14. The van der Waals surface area contributed by atoms with Gasteiger partial charge in [0.2, 0.25) is 5.91 Å². The minimum absolute atomic E-state index is 0.163. The Labute approximate surface area is 83.7 Å². The molecule has 2 fully saturated rings. The summed E-state index contributed by atoms with van der Waals surface area (Å²) < 4.78 is 11.1. The van der Waals surface area contributed by atoms with Gasteiger partial charge in [-0.2, -0.15) is 0 Å². The van der Waals surface area contributed by atoms with Gasteiger partial charge in [0.05, 0.1) is 6.10 Å². The molecule has 1 aliphatic carbocycles. The zero-order valence-electron chi connectivity index (χ0n) is 8.33. The van der Waals surface area contributed by atoms with Gasteiger partial charge in [0.25, 0.3) is 0 Å². The zero-order chi connectivity index (χ0) is 10.0. The first kappa shape index (κ1) is 9.93. The van der Waals surface area contributed by atoms with Crippen molar-refractivity contribution in [1.29, 1.82) is 0 Å². The molecule has 0 radical (unpaired) electrons. The van der Waals surface area contributed by atoms with Crippen molar-refractivity contribution >= 4 is 5.91 Å². The Bertz CT molecular complexity index is 219. The summed E-state index contributed by atoms with van der Waals surface area (Å²) in [7, 11) is 0. The third-order valence-electron chi connectivity index (χ3n) is 3.17. The van der Waals surface area contributed by atoms with Crippen LogP contribution in [0.15, 0.2) is 0 Å². The summed E-state index contributed by atoms with van der Waals surface area (Å²) in [5.74, 6) is -0.296. The Morgan fingerprint density at radius 3 is 2.43 bits per heavy atom. The lowest BCUT2D eigenvalue weighted by Crippen LogP contribution is -2.54. The molecular formula is C10H17NO3. The fourth-order valence-electron chi connectivity index (χ4n) is 2.03. The second kappa shape index (κ2) is 3.87. The predicted molar refractivity (Wildman–Crippen MR) is 50.7 cm³/mol. The molecule has 0 aromatic rings. The van der Waals surface area contributed by atoms with Crippen molar-refractivity contribution in [3.8, 4) is 0 Å². The van der Waals surface area contributed by atoms with Gasteiger partial charge >= 0.3 is 0 Å². The summed E-state index contributed by atoms with van der Waals surface area (Å²) >= 11 is 0. The maximum absolute atomic E-state index is 11.2. The van der Waals surface area contributed by atoms with Crippen LogP contribution in [-0.4, -0.2) is 30.8 Å². The Balaban J connectivity index is 1.90. The monoisotopic (exact) mass is 199 g/mol. The van der Waals surface area contributed by atoms with Gasteiger partial charge in [-0.15, -0.1) is 0 Å². The Hall–Kier alpha value is -0.610. The summed E-state index contributed by atoms with van der Waals surface area (Å²) in [6, 6.07) is 0. The van der Waals surface area contributed by atoms with E-state index in [1.54, 1.807) is 0 Å². The second-order valence-electron chi connectivity index (χ2n) is 4.14. The van der Waals surface area contributed by atoms with Gasteiger partial charge in [0.15, 0.2) is 0 Å².